The molecule has 4 heteroatoms. The summed E-state index contributed by atoms with van der Waals surface area (Å²) < 4.78 is 0. The Hall–Kier alpha value is -0.450. The fraction of sp³-hybridized carbons (Fsp3) is 0.800. The summed E-state index contributed by atoms with van der Waals surface area (Å²) in [7, 11) is 0. The molecule has 0 amide bonds. The van der Waals surface area contributed by atoms with Crippen LogP contribution < -0.4 is 5.32 Å². The van der Waals surface area contributed by atoms with Crippen molar-refractivity contribution in [2.24, 2.45) is 5.92 Å². The molecule has 0 radical (unpaired) electrons. The van der Waals surface area contributed by atoms with E-state index < -0.39 is 12.2 Å². The van der Waals surface area contributed by atoms with E-state index in [4.69, 9.17) is 10.2 Å². The number of carbonyl (C=O) groups excluding carboxylic acids is 1. The minimum atomic E-state index is -1.49. The lowest BCUT2D eigenvalue weighted by Crippen LogP contribution is -2.26. The predicted molar refractivity (Wildman–Crippen MR) is 29.6 cm³/mol. The van der Waals surface area contributed by atoms with Gasteiger partial charge in [0.25, 0.3) is 0 Å². The number of carbonyl (C=O) groups is 1. The van der Waals surface area contributed by atoms with Gasteiger partial charge in [0.15, 0.2) is 12.1 Å². The van der Waals surface area contributed by atoms with Crippen LogP contribution in [0.4, 0.5) is 0 Å². The van der Waals surface area contributed by atoms with Crippen LogP contribution in [-0.2, 0) is 4.79 Å². The summed E-state index contributed by atoms with van der Waals surface area (Å²) in [6.45, 7) is 0.652. The second kappa shape index (κ2) is 2.43. The lowest BCUT2D eigenvalue weighted by atomic mass is 10.1. The highest BCUT2D eigenvalue weighted by Crippen LogP contribution is 2.05. The van der Waals surface area contributed by atoms with Crippen LogP contribution >= 0.6 is 0 Å². The highest BCUT2D eigenvalue weighted by Gasteiger charge is 2.29. The molecule has 0 aromatic carbocycles. The van der Waals surface area contributed by atoms with E-state index in [0.717, 1.165) is 0 Å². The van der Waals surface area contributed by atoms with Crippen molar-refractivity contribution in [2.75, 3.05) is 13.1 Å². The number of nitrogens with one attached hydrogen (secondary N) is 1. The number of Topliss-reactive ketones (excluding diaryl/α,β-unsaturated/α-hetero) is 1. The monoisotopic (exact) mass is 131 g/mol. The minimum Gasteiger partial charge on any atom is -0.367 e. The van der Waals surface area contributed by atoms with Gasteiger partial charge in [-0.2, -0.15) is 0 Å². The molecule has 1 atom stereocenters. The zero-order valence-corrected chi connectivity index (χ0v) is 4.87. The second-order valence-electron chi connectivity index (χ2n) is 2.12. The summed E-state index contributed by atoms with van der Waals surface area (Å²) in [6.07, 6.45) is -1.49. The summed E-state index contributed by atoms with van der Waals surface area (Å²) in [5, 5.41) is 19.8. The van der Waals surface area contributed by atoms with Crippen molar-refractivity contribution in [3.63, 3.8) is 0 Å². The molecule has 1 saturated heterocycles. The third kappa shape index (κ3) is 1.27. The summed E-state index contributed by atoms with van der Waals surface area (Å²) in [6, 6.07) is 0. The molecular formula is C5H9NO3. The zero-order valence-electron chi connectivity index (χ0n) is 4.87. The third-order valence-electron chi connectivity index (χ3n) is 1.44. The van der Waals surface area contributed by atoms with Crippen LogP contribution in [0.2, 0.25) is 0 Å². The van der Waals surface area contributed by atoms with Crippen molar-refractivity contribution in [1.82, 2.24) is 5.32 Å². The first-order valence-electron chi connectivity index (χ1n) is 2.81. The highest BCUT2D eigenvalue weighted by atomic mass is 16.5. The normalized spacial score (nSPS) is 27.9. The third-order valence-corrected chi connectivity index (χ3v) is 1.44. The first kappa shape index (κ1) is 6.67. The summed E-state index contributed by atoms with van der Waals surface area (Å²) in [4.78, 5) is 10.6. The molecule has 9 heavy (non-hydrogen) atoms. The Morgan fingerprint density at radius 3 is 2.56 bits per heavy atom. The Balaban J connectivity index is 2.49. The SMILES string of the molecule is O=C1CNCC1C(O)O. The fourth-order valence-corrected chi connectivity index (χ4v) is 0.867. The molecule has 0 aromatic heterocycles. The number of ketones is 1. The van der Waals surface area contributed by atoms with E-state index in [1.54, 1.807) is 0 Å². The van der Waals surface area contributed by atoms with Gasteiger partial charge < -0.3 is 15.5 Å². The van der Waals surface area contributed by atoms with Crippen LogP contribution in [0.1, 0.15) is 0 Å². The van der Waals surface area contributed by atoms with E-state index in [0.29, 0.717) is 6.54 Å². The molecule has 0 spiro atoms. The molecule has 1 fully saturated rings. The Labute approximate surface area is 52.5 Å². The average molecular weight is 131 g/mol. The van der Waals surface area contributed by atoms with Crippen LogP contribution in [0.3, 0.4) is 0 Å². The lowest BCUT2D eigenvalue weighted by molar-refractivity contribution is -0.133. The van der Waals surface area contributed by atoms with Crippen molar-refractivity contribution >= 4 is 5.78 Å². The Kier molecular flexibility index (Phi) is 1.80. The fourth-order valence-electron chi connectivity index (χ4n) is 0.867. The van der Waals surface area contributed by atoms with Crippen molar-refractivity contribution in [3.8, 4) is 0 Å². The van der Waals surface area contributed by atoms with Crippen LogP contribution in [-0.4, -0.2) is 35.4 Å². The van der Waals surface area contributed by atoms with Crippen LogP contribution in [0.15, 0.2) is 0 Å². The van der Waals surface area contributed by atoms with Gasteiger partial charge in [-0.25, -0.2) is 0 Å². The van der Waals surface area contributed by atoms with Crippen molar-refractivity contribution < 1.29 is 15.0 Å². The summed E-state index contributed by atoms with van der Waals surface area (Å²) in [5.74, 6) is -0.727. The molecule has 3 N–H and O–H groups in total. The Bertz CT molecular complexity index is 123. The molecule has 52 valence electrons. The van der Waals surface area contributed by atoms with Crippen LogP contribution in [0.5, 0.6) is 0 Å². The van der Waals surface area contributed by atoms with E-state index in [1.807, 2.05) is 0 Å². The highest BCUT2D eigenvalue weighted by molar-refractivity contribution is 5.85. The molecule has 1 aliphatic rings. The number of hydrogen-bond acceptors (Lipinski definition) is 4. The topological polar surface area (TPSA) is 69.6 Å². The number of aliphatic hydroxyl groups excluding tert-OH is 1. The zero-order chi connectivity index (χ0) is 6.85. The predicted octanol–water partition coefficient (Wildman–Crippen LogP) is -1.91. The standard InChI is InChI=1S/C5H9NO3/c7-4-2-6-1-3(4)5(8)9/h3,5-6,8-9H,1-2H2. The summed E-state index contributed by atoms with van der Waals surface area (Å²) >= 11 is 0. The van der Waals surface area contributed by atoms with Crippen LogP contribution in [0, 0.1) is 5.92 Å². The number of rotatable bonds is 1. The van der Waals surface area contributed by atoms with Gasteiger partial charge in [-0.3, -0.25) is 4.79 Å². The van der Waals surface area contributed by atoms with Gasteiger partial charge in [-0.05, 0) is 0 Å². The Morgan fingerprint density at radius 2 is 2.33 bits per heavy atom. The molecule has 4 nitrogen and oxygen atoms in total. The molecule has 0 aromatic rings. The summed E-state index contributed by atoms with van der Waals surface area (Å²) in [5.41, 5.74) is 0. The molecule has 1 heterocycles. The van der Waals surface area contributed by atoms with Gasteiger partial charge in [0.05, 0.1) is 12.5 Å². The van der Waals surface area contributed by atoms with E-state index in [9.17, 15) is 4.79 Å². The first-order chi connectivity index (χ1) is 4.22. The minimum absolute atomic E-state index is 0.120. The Morgan fingerprint density at radius 1 is 1.67 bits per heavy atom. The quantitative estimate of drug-likeness (QED) is 0.363. The maximum absolute atomic E-state index is 10.6. The van der Waals surface area contributed by atoms with Gasteiger partial charge in [-0.1, -0.05) is 0 Å². The van der Waals surface area contributed by atoms with Gasteiger partial charge in [0.1, 0.15) is 0 Å². The first-order valence-corrected chi connectivity index (χ1v) is 2.81. The van der Waals surface area contributed by atoms with E-state index in [-0.39, 0.29) is 12.3 Å². The largest absolute Gasteiger partial charge is 0.367 e. The maximum Gasteiger partial charge on any atom is 0.162 e. The van der Waals surface area contributed by atoms with E-state index in [2.05, 4.69) is 5.32 Å². The molecule has 1 aliphatic heterocycles. The number of hydrogen-bond donors (Lipinski definition) is 3. The maximum atomic E-state index is 10.6. The van der Waals surface area contributed by atoms with Gasteiger partial charge in [-0.15, -0.1) is 0 Å². The van der Waals surface area contributed by atoms with E-state index in [1.165, 1.54) is 0 Å². The van der Waals surface area contributed by atoms with Gasteiger partial charge in [0, 0.05) is 6.54 Å². The molecule has 0 saturated carbocycles. The smallest absolute Gasteiger partial charge is 0.162 e. The molecule has 1 rings (SSSR count). The molecular weight excluding hydrogens is 122 g/mol. The van der Waals surface area contributed by atoms with Crippen molar-refractivity contribution in [2.45, 2.75) is 6.29 Å². The van der Waals surface area contributed by atoms with Gasteiger partial charge >= 0.3 is 0 Å². The molecule has 1 unspecified atom stereocenters. The molecule has 0 bridgehead atoms. The average Bonchev–Trinajstić information content (AvgIpc) is 2.13. The van der Waals surface area contributed by atoms with Crippen molar-refractivity contribution in [3.05, 3.63) is 0 Å². The lowest BCUT2D eigenvalue weighted by Gasteiger charge is -2.07. The van der Waals surface area contributed by atoms with E-state index >= 15 is 0 Å². The second-order valence-corrected chi connectivity index (χ2v) is 2.12. The molecule has 0 aliphatic carbocycles. The van der Waals surface area contributed by atoms with Crippen LogP contribution in [0.25, 0.3) is 0 Å². The van der Waals surface area contributed by atoms with Gasteiger partial charge in [0.2, 0.25) is 0 Å². The van der Waals surface area contributed by atoms with Crippen molar-refractivity contribution in [1.29, 1.82) is 0 Å². The number of aliphatic hydroxyl groups is 2.